The van der Waals surface area contributed by atoms with Crippen molar-refractivity contribution in [1.82, 2.24) is 0 Å². The molecular formula is C13H10O3S. The van der Waals surface area contributed by atoms with Crippen LogP contribution in [0.3, 0.4) is 0 Å². The van der Waals surface area contributed by atoms with Gasteiger partial charge in [-0.15, -0.1) is 11.3 Å². The maximum absolute atomic E-state index is 12.2. The zero-order valence-corrected chi connectivity index (χ0v) is 10.0. The molecular weight excluding hydrogens is 236 g/mol. The van der Waals surface area contributed by atoms with Crippen molar-refractivity contribution in [3.63, 3.8) is 0 Å². The van der Waals surface area contributed by atoms with E-state index in [9.17, 15) is 4.79 Å². The molecule has 0 N–H and O–H groups in total. The molecule has 17 heavy (non-hydrogen) atoms. The number of benzene rings is 1. The Hall–Kier alpha value is -1.81. The number of aryl methyl sites for hydroxylation is 1. The Kier molecular flexibility index (Phi) is 2.37. The topological polar surface area (TPSA) is 35.5 Å². The Morgan fingerprint density at radius 2 is 2.06 bits per heavy atom. The van der Waals surface area contributed by atoms with Crippen LogP contribution in [-0.4, -0.2) is 12.6 Å². The van der Waals surface area contributed by atoms with E-state index in [0.717, 1.165) is 10.4 Å². The van der Waals surface area contributed by atoms with E-state index in [1.165, 1.54) is 11.3 Å². The van der Waals surface area contributed by atoms with Gasteiger partial charge in [0.1, 0.15) is 0 Å². The maximum Gasteiger partial charge on any atom is 0.231 e. The largest absolute Gasteiger partial charge is 0.454 e. The summed E-state index contributed by atoms with van der Waals surface area (Å²) in [5.74, 6) is 1.38. The average molecular weight is 246 g/mol. The van der Waals surface area contributed by atoms with Crippen molar-refractivity contribution < 1.29 is 14.3 Å². The molecule has 0 saturated carbocycles. The quantitative estimate of drug-likeness (QED) is 0.764. The number of hydrogen-bond acceptors (Lipinski definition) is 4. The van der Waals surface area contributed by atoms with Gasteiger partial charge in [-0.25, -0.2) is 0 Å². The first-order valence-corrected chi connectivity index (χ1v) is 6.12. The predicted molar refractivity (Wildman–Crippen MR) is 65.1 cm³/mol. The third-order valence-corrected chi connectivity index (χ3v) is 3.72. The maximum atomic E-state index is 12.2. The summed E-state index contributed by atoms with van der Waals surface area (Å²) in [6.07, 6.45) is 0. The molecule has 0 atom stereocenters. The molecule has 0 bridgehead atoms. The Morgan fingerprint density at radius 1 is 1.24 bits per heavy atom. The predicted octanol–water partition coefficient (Wildman–Crippen LogP) is 3.02. The lowest BCUT2D eigenvalue weighted by Gasteiger charge is -2.01. The van der Waals surface area contributed by atoms with Crippen LogP contribution in [0.15, 0.2) is 29.6 Å². The summed E-state index contributed by atoms with van der Waals surface area (Å²) >= 11 is 1.46. The number of carbonyl (C=O) groups is 1. The van der Waals surface area contributed by atoms with Gasteiger partial charge < -0.3 is 9.47 Å². The molecule has 3 nitrogen and oxygen atoms in total. The standard InChI is InChI=1S/C13H10O3S/c1-8-4-5-17-13(8)12(14)9-2-3-10-11(6-9)16-7-15-10/h2-6H,7H2,1H3. The second-order valence-corrected chi connectivity index (χ2v) is 4.75. The monoisotopic (exact) mass is 246 g/mol. The Labute approximate surface area is 103 Å². The molecule has 0 radical (unpaired) electrons. The number of thiophene rings is 1. The van der Waals surface area contributed by atoms with Gasteiger partial charge in [-0.1, -0.05) is 0 Å². The summed E-state index contributed by atoms with van der Waals surface area (Å²) in [7, 11) is 0. The van der Waals surface area contributed by atoms with E-state index in [0.29, 0.717) is 17.1 Å². The number of fused-ring (bicyclic) bond motifs is 1. The van der Waals surface area contributed by atoms with Gasteiger partial charge in [0, 0.05) is 5.56 Å². The van der Waals surface area contributed by atoms with Gasteiger partial charge in [0.25, 0.3) is 0 Å². The lowest BCUT2D eigenvalue weighted by Crippen LogP contribution is -2.00. The minimum Gasteiger partial charge on any atom is -0.454 e. The van der Waals surface area contributed by atoms with Crippen molar-refractivity contribution in [2.45, 2.75) is 6.92 Å². The number of rotatable bonds is 2. The van der Waals surface area contributed by atoms with Gasteiger partial charge in [-0.05, 0) is 42.1 Å². The van der Waals surface area contributed by atoms with E-state index in [-0.39, 0.29) is 12.6 Å². The highest BCUT2D eigenvalue weighted by Crippen LogP contribution is 2.33. The van der Waals surface area contributed by atoms with Crippen LogP contribution in [0.4, 0.5) is 0 Å². The van der Waals surface area contributed by atoms with Crippen molar-refractivity contribution in [2.75, 3.05) is 6.79 Å². The SMILES string of the molecule is Cc1ccsc1C(=O)c1ccc2c(c1)OCO2. The lowest BCUT2D eigenvalue weighted by atomic mass is 10.1. The fraction of sp³-hybridized carbons (Fsp3) is 0.154. The zero-order chi connectivity index (χ0) is 11.8. The minimum atomic E-state index is 0.0378. The summed E-state index contributed by atoms with van der Waals surface area (Å²) < 4.78 is 10.5. The van der Waals surface area contributed by atoms with E-state index >= 15 is 0 Å². The van der Waals surface area contributed by atoms with Crippen LogP contribution in [0.25, 0.3) is 0 Å². The van der Waals surface area contributed by atoms with Crippen LogP contribution in [-0.2, 0) is 0 Å². The molecule has 1 aliphatic rings. The van der Waals surface area contributed by atoms with Crippen molar-refractivity contribution in [3.05, 3.63) is 45.6 Å². The molecule has 0 saturated heterocycles. The third-order valence-electron chi connectivity index (χ3n) is 2.70. The van der Waals surface area contributed by atoms with Gasteiger partial charge in [-0.3, -0.25) is 4.79 Å². The van der Waals surface area contributed by atoms with E-state index in [1.54, 1.807) is 18.2 Å². The van der Waals surface area contributed by atoms with Crippen LogP contribution in [0.2, 0.25) is 0 Å². The molecule has 0 fully saturated rings. The molecule has 1 aromatic heterocycles. The van der Waals surface area contributed by atoms with Gasteiger partial charge in [-0.2, -0.15) is 0 Å². The molecule has 1 aromatic carbocycles. The molecule has 2 aromatic rings. The minimum absolute atomic E-state index is 0.0378. The first kappa shape index (κ1) is 10.4. The van der Waals surface area contributed by atoms with Crippen molar-refractivity contribution >= 4 is 17.1 Å². The van der Waals surface area contributed by atoms with Crippen molar-refractivity contribution in [3.8, 4) is 11.5 Å². The number of ketones is 1. The first-order valence-electron chi connectivity index (χ1n) is 5.24. The number of ether oxygens (including phenoxy) is 2. The Balaban J connectivity index is 2.00. The van der Waals surface area contributed by atoms with E-state index in [1.807, 2.05) is 18.4 Å². The fourth-order valence-electron chi connectivity index (χ4n) is 1.77. The highest BCUT2D eigenvalue weighted by Gasteiger charge is 2.18. The first-order chi connectivity index (χ1) is 8.25. The second-order valence-electron chi connectivity index (χ2n) is 3.83. The highest BCUT2D eigenvalue weighted by molar-refractivity contribution is 7.12. The molecule has 2 heterocycles. The van der Waals surface area contributed by atoms with Crippen LogP contribution in [0, 0.1) is 6.92 Å². The van der Waals surface area contributed by atoms with Crippen LogP contribution in [0.1, 0.15) is 20.8 Å². The Bertz CT molecular complexity index is 586. The average Bonchev–Trinajstić information content (AvgIpc) is 2.95. The molecule has 86 valence electrons. The summed E-state index contributed by atoms with van der Waals surface area (Å²) in [6.45, 7) is 2.17. The van der Waals surface area contributed by atoms with Gasteiger partial charge in [0.05, 0.1) is 4.88 Å². The summed E-state index contributed by atoms with van der Waals surface area (Å²) in [5, 5.41) is 1.93. The zero-order valence-electron chi connectivity index (χ0n) is 9.23. The second kappa shape index (κ2) is 3.89. The van der Waals surface area contributed by atoms with E-state index in [4.69, 9.17) is 9.47 Å². The normalized spacial score (nSPS) is 12.8. The van der Waals surface area contributed by atoms with E-state index < -0.39 is 0 Å². The van der Waals surface area contributed by atoms with Crippen LogP contribution >= 0.6 is 11.3 Å². The van der Waals surface area contributed by atoms with Crippen LogP contribution < -0.4 is 9.47 Å². The van der Waals surface area contributed by atoms with Gasteiger partial charge in [0.15, 0.2) is 11.5 Å². The van der Waals surface area contributed by atoms with Crippen molar-refractivity contribution in [1.29, 1.82) is 0 Å². The third kappa shape index (κ3) is 1.70. The smallest absolute Gasteiger partial charge is 0.231 e. The molecule has 0 aliphatic carbocycles. The molecule has 1 aliphatic heterocycles. The summed E-state index contributed by atoms with van der Waals surface area (Å²) in [5.41, 5.74) is 1.65. The summed E-state index contributed by atoms with van der Waals surface area (Å²) in [6, 6.07) is 7.24. The molecule has 3 rings (SSSR count). The fourth-order valence-corrected chi connectivity index (χ4v) is 2.66. The van der Waals surface area contributed by atoms with Gasteiger partial charge >= 0.3 is 0 Å². The van der Waals surface area contributed by atoms with Gasteiger partial charge in [0.2, 0.25) is 12.6 Å². The lowest BCUT2D eigenvalue weighted by molar-refractivity contribution is 0.104. The number of carbonyl (C=O) groups excluding carboxylic acids is 1. The summed E-state index contributed by atoms with van der Waals surface area (Å²) in [4.78, 5) is 13.0. The molecule has 0 amide bonds. The Morgan fingerprint density at radius 3 is 2.82 bits per heavy atom. The van der Waals surface area contributed by atoms with Crippen molar-refractivity contribution in [2.24, 2.45) is 0 Å². The number of hydrogen-bond donors (Lipinski definition) is 0. The van der Waals surface area contributed by atoms with Crippen LogP contribution in [0.5, 0.6) is 11.5 Å². The van der Waals surface area contributed by atoms with E-state index in [2.05, 4.69) is 0 Å². The molecule has 4 heteroatoms. The molecule has 0 unspecified atom stereocenters. The highest BCUT2D eigenvalue weighted by atomic mass is 32.1. The molecule has 0 spiro atoms.